The van der Waals surface area contributed by atoms with Crippen LogP contribution in [0.4, 0.5) is 4.39 Å². The summed E-state index contributed by atoms with van der Waals surface area (Å²) in [7, 11) is 0. The van der Waals surface area contributed by atoms with Crippen LogP contribution in [0.25, 0.3) is 11.3 Å². The topological polar surface area (TPSA) is 118 Å². The molecule has 2 aromatic heterocycles. The van der Waals surface area contributed by atoms with Crippen molar-refractivity contribution in [1.82, 2.24) is 15.5 Å². The summed E-state index contributed by atoms with van der Waals surface area (Å²) in [6.07, 6.45) is 1.98. The van der Waals surface area contributed by atoms with E-state index in [1.165, 1.54) is 18.3 Å². The summed E-state index contributed by atoms with van der Waals surface area (Å²) in [5.41, 5.74) is 1.90. The van der Waals surface area contributed by atoms with Gasteiger partial charge in [0, 0.05) is 17.8 Å². The highest BCUT2D eigenvalue weighted by molar-refractivity contribution is 5.94. The number of ether oxygens (including phenoxy) is 1. The molecule has 3 N–H and O–H groups in total. The molecule has 1 aromatic carbocycles. The molecule has 0 aliphatic rings. The van der Waals surface area contributed by atoms with Crippen LogP contribution in [-0.4, -0.2) is 38.9 Å². The Kier molecular flexibility index (Phi) is 7.10. The molecule has 30 heavy (non-hydrogen) atoms. The van der Waals surface area contributed by atoms with E-state index in [1.807, 2.05) is 6.92 Å². The number of nitrogens with zero attached hydrogens (tertiary/aromatic N) is 2. The largest absolute Gasteiger partial charge is 0.473 e. The molecule has 0 aliphatic heterocycles. The van der Waals surface area contributed by atoms with Crippen LogP contribution in [0.15, 0.2) is 47.1 Å². The summed E-state index contributed by atoms with van der Waals surface area (Å²) in [6, 6.07) is 8.50. The number of aliphatic hydroxyl groups is 2. The van der Waals surface area contributed by atoms with Gasteiger partial charge < -0.3 is 24.8 Å². The van der Waals surface area contributed by atoms with Crippen molar-refractivity contribution in [3.05, 3.63) is 65.3 Å². The molecule has 9 heteroatoms. The molecular formula is C21H22FN3O5. The van der Waals surface area contributed by atoms with Gasteiger partial charge in [-0.1, -0.05) is 12.1 Å². The molecular weight excluding hydrogens is 393 g/mol. The number of nitrogens with one attached hydrogen (secondary N) is 1. The summed E-state index contributed by atoms with van der Waals surface area (Å²) in [5, 5.41) is 25.3. The zero-order chi connectivity index (χ0) is 21.5. The molecule has 0 bridgehead atoms. The van der Waals surface area contributed by atoms with Crippen molar-refractivity contribution in [2.45, 2.75) is 32.6 Å². The molecule has 0 saturated heterocycles. The van der Waals surface area contributed by atoms with Crippen LogP contribution in [0, 0.1) is 5.82 Å². The fourth-order valence-corrected chi connectivity index (χ4v) is 2.74. The minimum atomic E-state index is -0.375. The van der Waals surface area contributed by atoms with Crippen LogP contribution in [0.1, 0.15) is 35.0 Å². The third kappa shape index (κ3) is 5.00. The molecule has 0 unspecified atom stereocenters. The maximum atomic E-state index is 13.2. The van der Waals surface area contributed by atoms with Crippen LogP contribution in [-0.2, 0) is 13.2 Å². The fraction of sp³-hybridized carbons (Fsp3) is 0.286. The Morgan fingerprint density at radius 1 is 1.23 bits per heavy atom. The fourth-order valence-electron chi connectivity index (χ4n) is 2.74. The third-order valence-electron chi connectivity index (χ3n) is 4.54. The number of carbonyl (C=O) groups excluding carboxylic acids is 1. The molecule has 158 valence electrons. The minimum absolute atomic E-state index is 0.00701. The second-order valence-electron chi connectivity index (χ2n) is 6.53. The van der Waals surface area contributed by atoms with E-state index in [9.17, 15) is 19.4 Å². The third-order valence-corrected chi connectivity index (χ3v) is 4.54. The summed E-state index contributed by atoms with van der Waals surface area (Å²) < 4.78 is 24.0. The Labute approximate surface area is 172 Å². The van der Waals surface area contributed by atoms with Crippen LogP contribution in [0.2, 0.25) is 0 Å². The Morgan fingerprint density at radius 2 is 2.00 bits per heavy atom. The van der Waals surface area contributed by atoms with Crippen molar-refractivity contribution in [2.75, 3.05) is 6.61 Å². The van der Waals surface area contributed by atoms with Gasteiger partial charge in [-0.3, -0.25) is 4.79 Å². The average molecular weight is 415 g/mol. The van der Waals surface area contributed by atoms with Gasteiger partial charge in [-0.15, -0.1) is 0 Å². The number of amides is 1. The molecule has 3 aromatic rings. The molecule has 0 fully saturated rings. The molecule has 1 amide bonds. The predicted molar refractivity (Wildman–Crippen MR) is 105 cm³/mol. The van der Waals surface area contributed by atoms with E-state index >= 15 is 0 Å². The van der Waals surface area contributed by atoms with Gasteiger partial charge in [-0.25, -0.2) is 9.37 Å². The molecule has 3 rings (SSSR count). The molecule has 0 aliphatic carbocycles. The van der Waals surface area contributed by atoms with Crippen molar-refractivity contribution in [3.8, 4) is 17.1 Å². The highest BCUT2D eigenvalue weighted by Crippen LogP contribution is 2.27. The lowest BCUT2D eigenvalue weighted by Crippen LogP contribution is -2.36. The van der Waals surface area contributed by atoms with E-state index in [4.69, 9.17) is 9.26 Å². The number of pyridine rings is 1. The lowest BCUT2D eigenvalue weighted by atomic mass is 10.1. The van der Waals surface area contributed by atoms with E-state index in [2.05, 4.69) is 15.5 Å². The van der Waals surface area contributed by atoms with Gasteiger partial charge in [0.1, 0.15) is 24.7 Å². The van der Waals surface area contributed by atoms with E-state index in [1.54, 1.807) is 24.3 Å². The number of aromatic nitrogens is 2. The highest BCUT2D eigenvalue weighted by atomic mass is 19.1. The smallest absolute Gasteiger partial charge is 0.253 e. The normalized spacial score (nSPS) is 11.9. The lowest BCUT2D eigenvalue weighted by molar-refractivity contribution is 0.0914. The first-order valence-electron chi connectivity index (χ1n) is 9.40. The highest BCUT2D eigenvalue weighted by Gasteiger charge is 2.18. The van der Waals surface area contributed by atoms with Crippen LogP contribution < -0.4 is 10.1 Å². The maximum Gasteiger partial charge on any atom is 0.253 e. The molecule has 8 nitrogen and oxygen atoms in total. The number of rotatable bonds is 9. The number of benzene rings is 1. The molecule has 0 spiro atoms. The Hall–Kier alpha value is -3.30. The average Bonchev–Trinajstić information content (AvgIpc) is 3.19. The maximum absolute atomic E-state index is 13.2. The SMILES string of the molecule is CC[C@H](CO)NC(=O)c1ccc(OCc2c(-c3ccc(F)cc3)noc2CO)nc1. The van der Waals surface area contributed by atoms with Gasteiger partial charge in [-0.05, 0) is 36.8 Å². The number of hydrogen-bond acceptors (Lipinski definition) is 7. The van der Waals surface area contributed by atoms with Gasteiger partial charge in [-0.2, -0.15) is 0 Å². The van der Waals surface area contributed by atoms with Gasteiger partial charge in [0.25, 0.3) is 5.91 Å². The van der Waals surface area contributed by atoms with E-state index in [0.717, 1.165) is 0 Å². The molecule has 1 atom stereocenters. The molecule has 0 radical (unpaired) electrons. The second kappa shape index (κ2) is 9.95. The number of aliphatic hydroxyl groups excluding tert-OH is 2. The minimum Gasteiger partial charge on any atom is -0.473 e. The van der Waals surface area contributed by atoms with Gasteiger partial charge in [0.05, 0.1) is 23.8 Å². The van der Waals surface area contributed by atoms with Crippen molar-refractivity contribution >= 4 is 5.91 Å². The summed E-state index contributed by atoms with van der Waals surface area (Å²) >= 11 is 0. The standard InChI is InChI=1S/C21H22FN3O5/c1-2-16(10-26)24-21(28)14-5-8-19(23-9-14)29-12-17-18(11-27)30-25-20(17)13-3-6-15(22)7-4-13/h3-9,16,26-27H,2,10-12H2,1H3,(H,24,28)/t16-/m1/s1. The van der Waals surface area contributed by atoms with Crippen molar-refractivity contribution in [3.63, 3.8) is 0 Å². The van der Waals surface area contributed by atoms with E-state index < -0.39 is 0 Å². The van der Waals surface area contributed by atoms with Crippen molar-refractivity contribution in [1.29, 1.82) is 0 Å². The van der Waals surface area contributed by atoms with Crippen molar-refractivity contribution < 1.29 is 28.7 Å². The van der Waals surface area contributed by atoms with Crippen LogP contribution in [0.3, 0.4) is 0 Å². The first kappa shape index (κ1) is 21.4. The number of hydrogen-bond donors (Lipinski definition) is 3. The monoisotopic (exact) mass is 415 g/mol. The summed E-state index contributed by atoms with van der Waals surface area (Å²) in [5.74, 6) is -0.217. The van der Waals surface area contributed by atoms with Crippen LogP contribution >= 0.6 is 0 Å². The van der Waals surface area contributed by atoms with Crippen molar-refractivity contribution in [2.24, 2.45) is 0 Å². The first-order chi connectivity index (χ1) is 14.5. The summed E-state index contributed by atoms with van der Waals surface area (Å²) in [6.45, 7) is 1.36. The predicted octanol–water partition coefficient (Wildman–Crippen LogP) is 2.45. The Balaban J connectivity index is 1.70. The lowest BCUT2D eigenvalue weighted by Gasteiger charge is -2.14. The van der Waals surface area contributed by atoms with E-state index in [0.29, 0.717) is 28.8 Å². The van der Waals surface area contributed by atoms with Gasteiger partial charge in [0.2, 0.25) is 5.88 Å². The van der Waals surface area contributed by atoms with E-state index in [-0.39, 0.29) is 49.2 Å². The molecule has 0 saturated carbocycles. The quantitative estimate of drug-likeness (QED) is 0.491. The van der Waals surface area contributed by atoms with Gasteiger partial charge >= 0.3 is 0 Å². The first-order valence-corrected chi connectivity index (χ1v) is 9.40. The van der Waals surface area contributed by atoms with Crippen LogP contribution in [0.5, 0.6) is 5.88 Å². The second-order valence-corrected chi connectivity index (χ2v) is 6.53. The summed E-state index contributed by atoms with van der Waals surface area (Å²) in [4.78, 5) is 16.3. The number of halogens is 1. The number of carbonyl (C=O) groups is 1. The Morgan fingerprint density at radius 3 is 2.60 bits per heavy atom. The zero-order valence-electron chi connectivity index (χ0n) is 16.3. The Bertz CT molecular complexity index is 969. The molecule has 2 heterocycles. The zero-order valence-corrected chi connectivity index (χ0v) is 16.3. The van der Waals surface area contributed by atoms with Gasteiger partial charge in [0.15, 0.2) is 5.76 Å².